The Bertz CT molecular complexity index is 798. The fraction of sp³-hybridized carbons (Fsp3) is 0.300. The molecule has 2 aromatic heterocycles. The van der Waals surface area contributed by atoms with E-state index in [1.165, 1.54) is 27.5 Å². The first-order valence-electron chi connectivity index (χ1n) is 8.01. The lowest BCUT2D eigenvalue weighted by Crippen LogP contribution is -2.16. The lowest BCUT2D eigenvalue weighted by Gasteiger charge is -2.19. The average Bonchev–Trinajstić information content (AvgIpc) is 2.55. The maximum Gasteiger partial charge on any atom is 0.0346 e. The Morgan fingerprint density at radius 3 is 2.52 bits per heavy atom. The van der Waals surface area contributed by atoms with Crippen molar-refractivity contribution in [1.29, 1.82) is 0 Å². The summed E-state index contributed by atoms with van der Waals surface area (Å²) in [5.41, 5.74) is 3.83. The van der Waals surface area contributed by atoms with Crippen molar-refractivity contribution in [2.24, 2.45) is 0 Å². The molecule has 0 amide bonds. The van der Waals surface area contributed by atoms with E-state index in [0.717, 1.165) is 13.1 Å². The molecule has 0 bridgehead atoms. The zero-order valence-corrected chi connectivity index (χ0v) is 14.0. The standard InChI is InChI=1S/C20H23N3/c1-20(2,3)18-8-15(10-22-14-18)9-21-12-17-13-23-11-16-6-4-5-7-19(16)17/h4-8,10-11,13-14,21H,9,12H2,1-3H3. The van der Waals surface area contributed by atoms with Crippen molar-refractivity contribution >= 4 is 10.8 Å². The zero-order valence-electron chi connectivity index (χ0n) is 14.0. The van der Waals surface area contributed by atoms with Gasteiger partial charge in [-0.25, -0.2) is 0 Å². The quantitative estimate of drug-likeness (QED) is 0.784. The van der Waals surface area contributed by atoms with Gasteiger partial charge in [0.2, 0.25) is 0 Å². The first kappa shape index (κ1) is 15.6. The molecule has 23 heavy (non-hydrogen) atoms. The van der Waals surface area contributed by atoms with Crippen LogP contribution in [0.5, 0.6) is 0 Å². The summed E-state index contributed by atoms with van der Waals surface area (Å²) in [7, 11) is 0. The number of rotatable bonds is 4. The van der Waals surface area contributed by atoms with Crippen LogP contribution < -0.4 is 5.32 Å². The highest BCUT2D eigenvalue weighted by Crippen LogP contribution is 2.22. The minimum Gasteiger partial charge on any atom is -0.308 e. The number of aromatic nitrogens is 2. The van der Waals surface area contributed by atoms with E-state index in [2.05, 4.69) is 60.3 Å². The van der Waals surface area contributed by atoms with E-state index in [-0.39, 0.29) is 5.41 Å². The van der Waals surface area contributed by atoms with E-state index in [4.69, 9.17) is 0 Å². The predicted octanol–water partition coefficient (Wildman–Crippen LogP) is 4.22. The van der Waals surface area contributed by atoms with Gasteiger partial charge in [0.1, 0.15) is 0 Å². The van der Waals surface area contributed by atoms with E-state index in [9.17, 15) is 0 Å². The number of nitrogens with zero attached hydrogens (tertiary/aromatic N) is 2. The number of pyridine rings is 2. The van der Waals surface area contributed by atoms with E-state index < -0.39 is 0 Å². The molecule has 0 aliphatic heterocycles. The molecular formula is C20H23N3. The molecule has 0 saturated carbocycles. The fourth-order valence-electron chi connectivity index (χ4n) is 2.66. The molecule has 0 spiro atoms. The second kappa shape index (κ2) is 6.47. The second-order valence-corrected chi connectivity index (χ2v) is 6.96. The van der Waals surface area contributed by atoms with Gasteiger partial charge in [-0.3, -0.25) is 9.97 Å². The minimum atomic E-state index is 0.128. The van der Waals surface area contributed by atoms with E-state index in [0.29, 0.717) is 0 Å². The highest BCUT2D eigenvalue weighted by molar-refractivity contribution is 5.84. The molecule has 3 aromatic rings. The molecule has 0 atom stereocenters. The van der Waals surface area contributed by atoms with Gasteiger partial charge in [-0.2, -0.15) is 0 Å². The summed E-state index contributed by atoms with van der Waals surface area (Å²) < 4.78 is 0. The van der Waals surface area contributed by atoms with Crippen LogP contribution in [0.15, 0.2) is 55.1 Å². The summed E-state index contributed by atoms with van der Waals surface area (Å²) in [4.78, 5) is 8.71. The molecule has 3 rings (SSSR count). The second-order valence-electron chi connectivity index (χ2n) is 6.96. The maximum atomic E-state index is 4.37. The van der Waals surface area contributed by atoms with Crippen LogP contribution in [0, 0.1) is 0 Å². The fourth-order valence-corrected chi connectivity index (χ4v) is 2.66. The molecule has 118 valence electrons. The Morgan fingerprint density at radius 2 is 1.70 bits per heavy atom. The molecule has 3 heteroatoms. The average molecular weight is 305 g/mol. The van der Waals surface area contributed by atoms with Crippen molar-refractivity contribution < 1.29 is 0 Å². The van der Waals surface area contributed by atoms with Crippen molar-refractivity contribution in [3.05, 3.63) is 71.8 Å². The minimum absolute atomic E-state index is 0.128. The molecule has 2 heterocycles. The SMILES string of the molecule is CC(C)(C)c1cncc(CNCc2cncc3ccccc23)c1. The van der Waals surface area contributed by atoms with Gasteiger partial charge in [-0.1, -0.05) is 51.1 Å². The Hall–Kier alpha value is -2.26. The smallest absolute Gasteiger partial charge is 0.0346 e. The predicted molar refractivity (Wildman–Crippen MR) is 95.2 cm³/mol. The topological polar surface area (TPSA) is 37.8 Å². The molecule has 0 aliphatic carbocycles. The van der Waals surface area contributed by atoms with E-state index >= 15 is 0 Å². The van der Waals surface area contributed by atoms with Crippen LogP contribution in [-0.2, 0) is 18.5 Å². The monoisotopic (exact) mass is 305 g/mol. The number of hydrogen-bond donors (Lipinski definition) is 1. The molecule has 1 aromatic carbocycles. The number of fused-ring (bicyclic) bond motifs is 1. The Labute approximate surface area is 137 Å². The van der Waals surface area contributed by atoms with E-state index in [1.807, 2.05) is 30.9 Å². The summed E-state index contributed by atoms with van der Waals surface area (Å²) >= 11 is 0. The van der Waals surface area contributed by atoms with Gasteiger partial charge in [0.25, 0.3) is 0 Å². The number of nitrogens with one attached hydrogen (secondary N) is 1. The van der Waals surface area contributed by atoms with Crippen molar-refractivity contribution in [3.8, 4) is 0 Å². The van der Waals surface area contributed by atoms with Crippen LogP contribution in [0.4, 0.5) is 0 Å². The van der Waals surface area contributed by atoms with Gasteiger partial charge >= 0.3 is 0 Å². The summed E-state index contributed by atoms with van der Waals surface area (Å²) in [5.74, 6) is 0. The van der Waals surface area contributed by atoms with Crippen LogP contribution in [0.3, 0.4) is 0 Å². The molecule has 0 fully saturated rings. The van der Waals surface area contributed by atoms with Crippen molar-refractivity contribution in [2.45, 2.75) is 39.3 Å². The summed E-state index contributed by atoms with van der Waals surface area (Å²) in [6.07, 6.45) is 7.75. The van der Waals surface area contributed by atoms with Crippen molar-refractivity contribution in [3.63, 3.8) is 0 Å². The lowest BCUT2D eigenvalue weighted by atomic mass is 9.88. The maximum absolute atomic E-state index is 4.37. The summed E-state index contributed by atoms with van der Waals surface area (Å²) in [5, 5.41) is 5.95. The Balaban J connectivity index is 1.70. The number of hydrogen-bond acceptors (Lipinski definition) is 3. The van der Waals surface area contributed by atoms with Gasteiger partial charge in [-0.15, -0.1) is 0 Å². The third kappa shape index (κ3) is 3.74. The van der Waals surface area contributed by atoms with Crippen LogP contribution >= 0.6 is 0 Å². The highest BCUT2D eigenvalue weighted by atomic mass is 14.9. The molecule has 3 nitrogen and oxygen atoms in total. The van der Waals surface area contributed by atoms with Gasteiger partial charge in [0, 0.05) is 43.3 Å². The number of benzene rings is 1. The van der Waals surface area contributed by atoms with Gasteiger partial charge in [-0.05, 0) is 27.5 Å². The van der Waals surface area contributed by atoms with Crippen LogP contribution in [0.2, 0.25) is 0 Å². The van der Waals surface area contributed by atoms with Gasteiger partial charge in [0.15, 0.2) is 0 Å². The third-order valence-electron chi connectivity index (χ3n) is 4.06. The van der Waals surface area contributed by atoms with Crippen molar-refractivity contribution in [1.82, 2.24) is 15.3 Å². The Kier molecular flexibility index (Phi) is 4.39. The highest BCUT2D eigenvalue weighted by Gasteiger charge is 2.14. The van der Waals surface area contributed by atoms with Crippen LogP contribution in [0.1, 0.15) is 37.5 Å². The molecule has 0 radical (unpaired) electrons. The lowest BCUT2D eigenvalue weighted by molar-refractivity contribution is 0.584. The Morgan fingerprint density at radius 1 is 0.913 bits per heavy atom. The van der Waals surface area contributed by atoms with E-state index in [1.54, 1.807) is 0 Å². The molecule has 0 unspecified atom stereocenters. The largest absolute Gasteiger partial charge is 0.308 e. The van der Waals surface area contributed by atoms with Gasteiger partial charge < -0.3 is 5.32 Å². The normalized spacial score (nSPS) is 11.8. The first-order valence-corrected chi connectivity index (χ1v) is 8.01. The molecule has 0 aliphatic rings. The first-order chi connectivity index (χ1) is 11.0. The van der Waals surface area contributed by atoms with Crippen LogP contribution in [-0.4, -0.2) is 9.97 Å². The molecule has 0 saturated heterocycles. The zero-order chi connectivity index (χ0) is 16.3. The van der Waals surface area contributed by atoms with Gasteiger partial charge in [0.05, 0.1) is 0 Å². The third-order valence-corrected chi connectivity index (χ3v) is 4.06. The molecular weight excluding hydrogens is 282 g/mol. The summed E-state index contributed by atoms with van der Waals surface area (Å²) in [6.45, 7) is 8.24. The van der Waals surface area contributed by atoms with Crippen molar-refractivity contribution in [2.75, 3.05) is 0 Å². The molecule has 1 N–H and O–H groups in total. The van der Waals surface area contributed by atoms with Crippen LogP contribution in [0.25, 0.3) is 10.8 Å². The summed E-state index contributed by atoms with van der Waals surface area (Å²) in [6, 6.07) is 10.6.